The van der Waals surface area contributed by atoms with E-state index in [1.165, 1.54) is 18.1 Å². The monoisotopic (exact) mass is 291 g/mol. The maximum absolute atomic E-state index is 12.1. The number of rotatable bonds is 5. The summed E-state index contributed by atoms with van der Waals surface area (Å²) in [7, 11) is 1.51. The van der Waals surface area contributed by atoms with Gasteiger partial charge in [0.15, 0.2) is 0 Å². The Labute approximate surface area is 122 Å². The lowest BCUT2D eigenvalue weighted by Gasteiger charge is -2.14. The maximum atomic E-state index is 12.1. The lowest BCUT2D eigenvalue weighted by Crippen LogP contribution is -2.33. The van der Waals surface area contributed by atoms with Crippen molar-refractivity contribution in [2.45, 2.75) is 19.4 Å². The van der Waals surface area contributed by atoms with Crippen LogP contribution in [0.2, 0.25) is 0 Å². The zero-order valence-corrected chi connectivity index (χ0v) is 12.2. The van der Waals surface area contributed by atoms with Gasteiger partial charge in [-0.25, -0.2) is 0 Å². The SMILES string of the molecule is COc1ccc(C(=O)N[C@@H](C)Cc2cccs2)c(O)c1. The van der Waals surface area contributed by atoms with Crippen molar-refractivity contribution in [1.82, 2.24) is 5.32 Å². The third-order valence-electron chi connectivity index (χ3n) is 2.91. The molecule has 20 heavy (non-hydrogen) atoms. The predicted molar refractivity (Wildman–Crippen MR) is 79.6 cm³/mol. The van der Waals surface area contributed by atoms with Gasteiger partial charge in [-0.05, 0) is 30.5 Å². The third-order valence-corrected chi connectivity index (χ3v) is 3.81. The number of methoxy groups -OCH3 is 1. The Bertz CT molecular complexity index is 581. The maximum Gasteiger partial charge on any atom is 0.255 e. The summed E-state index contributed by atoms with van der Waals surface area (Å²) in [6, 6.07) is 8.67. The molecule has 1 atom stereocenters. The highest BCUT2D eigenvalue weighted by Gasteiger charge is 2.14. The summed E-state index contributed by atoms with van der Waals surface area (Å²) in [5.41, 5.74) is 0.254. The molecule has 106 valence electrons. The van der Waals surface area contributed by atoms with Gasteiger partial charge in [0.1, 0.15) is 11.5 Å². The van der Waals surface area contributed by atoms with Crippen LogP contribution >= 0.6 is 11.3 Å². The van der Waals surface area contributed by atoms with Gasteiger partial charge in [-0.2, -0.15) is 0 Å². The van der Waals surface area contributed by atoms with E-state index in [9.17, 15) is 9.90 Å². The number of nitrogens with one attached hydrogen (secondary N) is 1. The number of thiophene rings is 1. The van der Waals surface area contributed by atoms with Crippen LogP contribution in [-0.2, 0) is 6.42 Å². The van der Waals surface area contributed by atoms with Crippen molar-refractivity contribution in [2.24, 2.45) is 0 Å². The van der Waals surface area contributed by atoms with E-state index < -0.39 is 0 Å². The molecular formula is C15H17NO3S. The average Bonchev–Trinajstić information content (AvgIpc) is 2.90. The minimum Gasteiger partial charge on any atom is -0.507 e. The van der Waals surface area contributed by atoms with Crippen molar-refractivity contribution in [3.05, 3.63) is 46.2 Å². The Hall–Kier alpha value is -2.01. The minimum atomic E-state index is -0.283. The molecule has 0 bridgehead atoms. The Balaban J connectivity index is 2.00. The van der Waals surface area contributed by atoms with Crippen molar-refractivity contribution in [1.29, 1.82) is 0 Å². The van der Waals surface area contributed by atoms with Gasteiger partial charge >= 0.3 is 0 Å². The molecule has 0 aliphatic carbocycles. The number of ether oxygens (including phenoxy) is 1. The topological polar surface area (TPSA) is 58.6 Å². The lowest BCUT2D eigenvalue weighted by molar-refractivity contribution is 0.0937. The van der Waals surface area contributed by atoms with E-state index in [0.29, 0.717) is 5.75 Å². The Kier molecular flexibility index (Phi) is 4.63. The zero-order chi connectivity index (χ0) is 14.5. The molecule has 0 unspecified atom stereocenters. The minimum absolute atomic E-state index is 0.00246. The molecule has 2 aromatic rings. The second kappa shape index (κ2) is 6.43. The summed E-state index contributed by atoms with van der Waals surface area (Å²) in [6.45, 7) is 1.94. The molecule has 0 aliphatic rings. The predicted octanol–water partition coefficient (Wildman–Crippen LogP) is 2.82. The fraction of sp³-hybridized carbons (Fsp3) is 0.267. The molecule has 4 nitrogen and oxygen atoms in total. The summed E-state index contributed by atoms with van der Waals surface area (Å²) in [5.74, 6) is 0.157. The fourth-order valence-electron chi connectivity index (χ4n) is 1.91. The van der Waals surface area contributed by atoms with Crippen LogP contribution < -0.4 is 10.1 Å². The van der Waals surface area contributed by atoms with Crippen LogP contribution in [-0.4, -0.2) is 24.2 Å². The molecule has 1 aromatic heterocycles. The molecule has 2 rings (SSSR count). The molecule has 0 radical (unpaired) electrons. The molecule has 2 N–H and O–H groups in total. The van der Waals surface area contributed by atoms with Crippen LogP contribution in [0.5, 0.6) is 11.5 Å². The standard InChI is InChI=1S/C15H17NO3S/c1-10(8-12-4-3-7-20-12)16-15(18)13-6-5-11(19-2)9-14(13)17/h3-7,9-10,17H,8H2,1-2H3,(H,16,18)/t10-/m0/s1. The van der Waals surface area contributed by atoms with Crippen LogP contribution in [0.15, 0.2) is 35.7 Å². The first-order valence-corrected chi connectivity index (χ1v) is 7.18. The van der Waals surface area contributed by atoms with Gasteiger partial charge < -0.3 is 15.2 Å². The molecular weight excluding hydrogens is 274 g/mol. The molecule has 0 spiro atoms. The number of phenols is 1. The summed E-state index contributed by atoms with van der Waals surface area (Å²) in [4.78, 5) is 13.3. The van der Waals surface area contributed by atoms with Crippen molar-refractivity contribution >= 4 is 17.2 Å². The highest BCUT2D eigenvalue weighted by atomic mass is 32.1. The third kappa shape index (κ3) is 3.51. The van der Waals surface area contributed by atoms with Gasteiger partial charge in [0.2, 0.25) is 0 Å². The van der Waals surface area contributed by atoms with Crippen molar-refractivity contribution < 1.29 is 14.6 Å². The van der Waals surface area contributed by atoms with E-state index in [4.69, 9.17) is 4.74 Å². The summed E-state index contributed by atoms with van der Waals surface area (Å²) >= 11 is 1.67. The van der Waals surface area contributed by atoms with Gasteiger partial charge in [0.25, 0.3) is 5.91 Å². The molecule has 1 heterocycles. The molecule has 0 saturated carbocycles. The second-order valence-corrected chi connectivity index (χ2v) is 5.57. The Morgan fingerprint density at radius 2 is 2.25 bits per heavy atom. The van der Waals surface area contributed by atoms with E-state index in [1.807, 2.05) is 24.4 Å². The van der Waals surface area contributed by atoms with Gasteiger partial charge in [-0.3, -0.25) is 4.79 Å². The highest BCUT2D eigenvalue weighted by Crippen LogP contribution is 2.23. The smallest absolute Gasteiger partial charge is 0.255 e. The number of amides is 1. The van der Waals surface area contributed by atoms with E-state index in [-0.39, 0.29) is 23.3 Å². The first kappa shape index (κ1) is 14.4. The second-order valence-electron chi connectivity index (χ2n) is 4.54. The van der Waals surface area contributed by atoms with Gasteiger partial charge in [-0.1, -0.05) is 6.07 Å². The van der Waals surface area contributed by atoms with Gasteiger partial charge in [0, 0.05) is 23.4 Å². The number of hydrogen-bond donors (Lipinski definition) is 2. The summed E-state index contributed by atoms with van der Waals surface area (Å²) in [5, 5.41) is 14.7. The first-order chi connectivity index (χ1) is 9.60. The number of carbonyl (C=O) groups excluding carboxylic acids is 1. The molecule has 0 aliphatic heterocycles. The fourth-order valence-corrected chi connectivity index (χ4v) is 2.75. The largest absolute Gasteiger partial charge is 0.507 e. The Morgan fingerprint density at radius 3 is 2.85 bits per heavy atom. The normalized spacial score (nSPS) is 11.9. The number of carbonyl (C=O) groups is 1. The molecule has 5 heteroatoms. The van der Waals surface area contributed by atoms with Crippen LogP contribution in [0.1, 0.15) is 22.2 Å². The zero-order valence-electron chi connectivity index (χ0n) is 11.4. The van der Waals surface area contributed by atoms with Crippen LogP contribution in [0, 0.1) is 0 Å². The summed E-state index contributed by atoms with van der Waals surface area (Å²) < 4.78 is 4.99. The van der Waals surface area contributed by atoms with Gasteiger partial charge in [-0.15, -0.1) is 11.3 Å². The van der Waals surface area contributed by atoms with Gasteiger partial charge in [0.05, 0.1) is 12.7 Å². The van der Waals surface area contributed by atoms with Crippen molar-refractivity contribution in [3.8, 4) is 11.5 Å². The molecule has 1 amide bonds. The van der Waals surface area contributed by atoms with E-state index >= 15 is 0 Å². The molecule has 1 aromatic carbocycles. The van der Waals surface area contributed by atoms with E-state index in [1.54, 1.807) is 23.5 Å². The average molecular weight is 291 g/mol. The Morgan fingerprint density at radius 1 is 1.45 bits per heavy atom. The summed E-state index contributed by atoms with van der Waals surface area (Å²) in [6.07, 6.45) is 0.778. The number of benzene rings is 1. The van der Waals surface area contributed by atoms with Crippen LogP contribution in [0.25, 0.3) is 0 Å². The number of aromatic hydroxyl groups is 1. The molecule has 0 fully saturated rings. The lowest BCUT2D eigenvalue weighted by atomic mass is 10.1. The molecule has 0 saturated heterocycles. The van der Waals surface area contributed by atoms with Crippen LogP contribution in [0.3, 0.4) is 0 Å². The highest BCUT2D eigenvalue weighted by molar-refractivity contribution is 7.09. The van der Waals surface area contributed by atoms with Crippen LogP contribution in [0.4, 0.5) is 0 Å². The quantitative estimate of drug-likeness (QED) is 0.890. The van der Waals surface area contributed by atoms with Crippen molar-refractivity contribution in [3.63, 3.8) is 0 Å². The van der Waals surface area contributed by atoms with Crippen molar-refractivity contribution in [2.75, 3.05) is 7.11 Å². The van der Waals surface area contributed by atoms with E-state index in [2.05, 4.69) is 5.32 Å². The first-order valence-electron chi connectivity index (χ1n) is 6.30. The van der Waals surface area contributed by atoms with E-state index in [0.717, 1.165) is 6.42 Å². The number of hydrogen-bond acceptors (Lipinski definition) is 4. The number of phenolic OH excluding ortho intramolecular Hbond substituents is 1.